The average molecular weight is 410 g/mol. The van der Waals surface area contributed by atoms with E-state index >= 15 is 0 Å². The molecule has 1 amide bonds. The van der Waals surface area contributed by atoms with Crippen molar-refractivity contribution in [1.29, 1.82) is 0 Å². The van der Waals surface area contributed by atoms with Gasteiger partial charge >= 0.3 is 0 Å². The number of pyridine rings is 1. The summed E-state index contributed by atoms with van der Waals surface area (Å²) in [6.45, 7) is 5.19. The maximum Gasteiger partial charge on any atom is 0.272 e. The number of halogens is 1. The van der Waals surface area contributed by atoms with Crippen LogP contribution in [0.4, 0.5) is 0 Å². The second-order valence-corrected chi connectivity index (χ2v) is 9.67. The normalized spacial score (nSPS) is 26.7. The summed E-state index contributed by atoms with van der Waals surface area (Å²) in [7, 11) is 0. The van der Waals surface area contributed by atoms with Crippen molar-refractivity contribution in [3.8, 4) is 0 Å². The Morgan fingerprint density at radius 3 is 2.66 bits per heavy atom. The summed E-state index contributed by atoms with van der Waals surface area (Å²) in [6, 6.07) is 14.3. The highest BCUT2D eigenvalue weighted by Gasteiger charge is 2.53. The van der Waals surface area contributed by atoms with Crippen molar-refractivity contribution in [2.75, 3.05) is 32.7 Å². The molecule has 1 aromatic heterocycles. The van der Waals surface area contributed by atoms with E-state index in [9.17, 15) is 4.79 Å². The van der Waals surface area contributed by atoms with Gasteiger partial charge in [0.05, 0.1) is 5.02 Å². The Morgan fingerprint density at radius 1 is 1.10 bits per heavy atom. The van der Waals surface area contributed by atoms with Gasteiger partial charge in [-0.15, -0.1) is 0 Å². The van der Waals surface area contributed by atoms with E-state index < -0.39 is 0 Å². The summed E-state index contributed by atoms with van der Waals surface area (Å²) in [5.74, 6) is 1.51. The van der Waals surface area contributed by atoms with Crippen LogP contribution in [0.15, 0.2) is 48.7 Å². The molecule has 29 heavy (non-hydrogen) atoms. The predicted octanol–water partition coefficient (Wildman–Crippen LogP) is 4.15. The number of aromatic nitrogens is 1. The van der Waals surface area contributed by atoms with Gasteiger partial charge in [0.1, 0.15) is 5.69 Å². The van der Waals surface area contributed by atoms with Crippen LogP contribution in [0, 0.1) is 17.3 Å². The molecule has 3 fully saturated rings. The predicted molar refractivity (Wildman–Crippen MR) is 115 cm³/mol. The molecule has 2 atom stereocenters. The molecule has 3 heterocycles. The molecule has 0 N–H and O–H groups in total. The number of fused-ring (bicyclic) bond motifs is 1. The maximum atomic E-state index is 13.1. The minimum Gasteiger partial charge on any atom is -0.336 e. The topological polar surface area (TPSA) is 36.4 Å². The Balaban J connectivity index is 1.32. The van der Waals surface area contributed by atoms with Crippen molar-refractivity contribution in [2.24, 2.45) is 17.3 Å². The summed E-state index contributed by atoms with van der Waals surface area (Å²) in [5.41, 5.74) is 2.10. The highest BCUT2D eigenvalue weighted by atomic mass is 35.5. The molecule has 0 bridgehead atoms. The molecule has 0 radical (unpaired) electrons. The lowest BCUT2D eigenvalue weighted by Crippen LogP contribution is -2.38. The molecule has 152 valence electrons. The number of carbonyl (C=O) groups is 1. The Labute approximate surface area is 177 Å². The largest absolute Gasteiger partial charge is 0.336 e. The zero-order valence-corrected chi connectivity index (χ0v) is 17.5. The molecule has 2 aliphatic heterocycles. The van der Waals surface area contributed by atoms with E-state index in [0.717, 1.165) is 44.9 Å². The third-order valence-corrected chi connectivity index (χ3v) is 7.25. The van der Waals surface area contributed by atoms with Crippen LogP contribution in [0.25, 0.3) is 0 Å². The van der Waals surface area contributed by atoms with Gasteiger partial charge < -0.3 is 9.80 Å². The SMILES string of the molecule is O=C(c1ccc(Cl)cn1)N1C[C@@H]2CN(CC3CC3)C[C@]2(CCc2ccccc2)C1. The van der Waals surface area contributed by atoms with E-state index in [-0.39, 0.29) is 11.3 Å². The number of rotatable bonds is 6. The molecular formula is C24H28ClN3O. The van der Waals surface area contributed by atoms with Crippen molar-refractivity contribution in [2.45, 2.75) is 25.7 Å². The van der Waals surface area contributed by atoms with Gasteiger partial charge in [-0.3, -0.25) is 4.79 Å². The Bertz CT molecular complexity index is 867. The lowest BCUT2D eigenvalue weighted by molar-refractivity contribution is 0.0750. The number of hydrogen-bond acceptors (Lipinski definition) is 3. The third-order valence-electron chi connectivity index (χ3n) is 7.03. The number of carbonyl (C=O) groups excluding carboxylic acids is 1. The van der Waals surface area contributed by atoms with Gasteiger partial charge in [0.25, 0.3) is 5.91 Å². The van der Waals surface area contributed by atoms with Crippen molar-refractivity contribution in [1.82, 2.24) is 14.8 Å². The number of amides is 1. The van der Waals surface area contributed by atoms with Crippen molar-refractivity contribution in [3.63, 3.8) is 0 Å². The van der Waals surface area contributed by atoms with E-state index in [0.29, 0.717) is 16.6 Å². The molecule has 2 saturated heterocycles. The fourth-order valence-electron chi connectivity index (χ4n) is 5.31. The summed E-state index contributed by atoms with van der Waals surface area (Å²) in [4.78, 5) is 22.1. The molecule has 1 aromatic carbocycles. The first kappa shape index (κ1) is 19.1. The van der Waals surface area contributed by atoms with Gasteiger partial charge in [-0.25, -0.2) is 4.98 Å². The van der Waals surface area contributed by atoms with Crippen molar-refractivity contribution < 1.29 is 4.79 Å². The average Bonchev–Trinajstić information content (AvgIpc) is 3.38. The highest BCUT2D eigenvalue weighted by molar-refractivity contribution is 6.30. The van der Waals surface area contributed by atoms with E-state index in [1.165, 1.54) is 24.9 Å². The van der Waals surface area contributed by atoms with Gasteiger partial charge in [0.15, 0.2) is 0 Å². The summed E-state index contributed by atoms with van der Waals surface area (Å²) in [5, 5.41) is 0.565. The monoisotopic (exact) mass is 409 g/mol. The van der Waals surface area contributed by atoms with Gasteiger partial charge in [-0.1, -0.05) is 41.9 Å². The van der Waals surface area contributed by atoms with E-state index in [1.807, 2.05) is 4.90 Å². The first-order valence-corrected chi connectivity index (χ1v) is 11.2. The van der Waals surface area contributed by atoms with Crippen LogP contribution in [0.1, 0.15) is 35.3 Å². The molecule has 0 spiro atoms. The Morgan fingerprint density at radius 2 is 1.93 bits per heavy atom. The zero-order valence-electron chi connectivity index (χ0n) is 16.8. The molecular weight excluding hydrogens is 382 g/mol. The third kappa shape index (κ3) is 4.06. The zero-order chi connectivity index (χ0) is 19.8. The second kappa shape index (κ2) is 7.73. The Kier molecular flexibility index (Phi) is 5.09. The summed E-state index contributed by atoms with van der Waals surface area (Å²) >= 11 is 5.95. The van der Waals surface area contributed by atoms with Crippen LogP contribution in [0.3, 0.4) is 0 Å². The molecule has 5 rings (SSSR count). The molecule has 2 aromatic rings. The van der Waals surface area contributed by atoms with Crippen LogP contribution in [0.2, 0.25) is 5.02 Å². The van der Waals surface area contributed by atoms with Gasteiger partial charge in [0, 0.05) is 44.3 Å². The van der Waals surface area contributed by atoms with Crippen molar-refractivity contribution in [3.05, 3.63) is 64.9 Å². The van der Waals surface area contributed by atoms with E-state index in [2.05, 4.69) is 40.2 Å². The summed E-state index contributed by atoms with van der Waals surface area (Å²) < 4.78 is 0. The minimum absolute atomic E-state index is 0.0453. The molecule has 3 aliphatic rings. The van der Waals surface area contributed by atoms with Gasteiger partial charge in [-0.2, -0.15) is 0 Å². The number of aryl methyl sites for hydroxylation is 1. The Hall–Kier alpha value is -1.91. The number of benzene rings is 1. The molecule has 4 nitrogen and oxygen atoms in total. The fraction of sp³-hybridized carbons (Fsp3) is 0.500. The van der Waals surface area contributed by atoms with Crippen LogP contribution in [0.5, 0.6) is 0 Å². The second-order valence-electron chi connectivity index (χ2n) is 9.23. The number of likely N-dealkylation sites (tertiary alicyclic amines) is 2. The molecule has 1 aliphatic carbocycles. The van der Waals surface area contributed by atoms with Crippen LogP contribution >= 0.6 is 11.6 Å². The quantitative estimate of drug-likeness (QED) is 0.719. The van der Waals surface area contributed by atoms with Gasteiger partial charge in [0.2, 0.25) is 0 Å². The van der Waals surface area contributed by atoms with E-state index in [4.69, 9.17) is 11.6 Å². The number of hydrogen-bond donors (Lipinski definition) is 0. The molecule has 5 heteroatoms. The van der Waals surface area contributed by atoms with Crippen LogP contribution < -0.4 is 0 Å². The first-order chi connectivity index (χ1) is 14.1. The smallest absolute Gasteiger partial charge is 0.272 e. The standard InChI is InChI=1S/C24H28ClN3O/c25-21-8-9-22(26-12-21)23(29)28-15-20-14-27(13-19-6-7-19)16-24(20,17-28)11-10-18-4-2-1-3-5-18/h1-5,8-9,12,19-20H,6-7,10-11,13-17H2/t20-,24+/m0/s1. The summed E-state index contributed by atoms with van der Waals surface area (Å²) in [6.07, 6.45) is 6.57. The fourth-order valence-corrected chi connectivity index (χ4v) is 5.42. The van der Waals surface area contributed by atoms with Gasteiger partial charge in [-0.05, 0) is 55.2 Å². The molecule has 0 unspecified atom stereocenters. The number of nitrogens with zero attached hydrogens (tertiary/aromatic N) is 3. The maximum absolute atomic E-state index is 13.1. The first-order valence-electron chi connectivity index (χ1n) is 10.8. The van der Waals surface area contributed by atoms with Crippen molar-refractivity contribution >= 4 is 17.5 Å². The highest BCUT2D eigenvalue weighted by Crippen LogP contribution is 2.47. The lowest BCUT2D eigenvalue weighted by Gasteiger charge is -2.30. The van der Waals surface area contributed by atoms with Crippen LogP contribution in [-0.4, -0.2) is 53.4 Å². The lowest BCUT2D eigenvalue weighted by atomic mass is 9.76. The minimum atomic E-state index is 0.0453. The van der Waals surface area contributed by atoms with Crippen LogP contribution in [-0.2, 0) is 6.42 Å². The molecule has 1 saturated carbocycles. The van der Waals surface area contributed by atoms with E-state index in [1.54, 1.807) is 18.3 Å².